The van der Waals surface area contributed by atoms with Crippen molar-refractivity contribution < 1.29 is 14.3 Å². The molecule has 2 aliphatic rings. The molecule has 27 heavy (non-hydrogen) atoms. The Balaban J connectivity index is 1.36. The van der Waals surface area contributed by atoms with Crippen LogP contribution in [0.4, 0.5) is 0 Å². The van der Waals surface area contributed by atoms with Gasteiger partial charge in [0.25, 0.3) is 0 Å². The molecule has 1 amide bonds. The number of aryl methyl sites for hydroxylation is 1. The normalized spacial score (nSPS) is 25.7. The van der Waals surface area contributed by atoms with E-state index in [0.717, 1.165) is 37.1 Å². The third-order valence-corrected chi connectivity index (χ3v) is 5.48. The SMILES string of the molecule is Cn1nccc1[C@@H]1OCCC[C@H]1C(=O)N1CCC(OCc2ccncc2)C1. The van der Waals surface area contributed by atoms with Crippen LogP contribution in [0.5, 0.6) is 0 Å². The number of pyridine rings is 1. The fraction of sp³-hybridized carbons (Fsp3) is 0.550. The summed E-state index contributed by atoms with van der Waals surface area (Å²) in [6, 6.07) is 5.85. The molecule has 0 bridgehead atoms. The zero-order valence-corrected chi connectivity index (χ0v) is 15.7. The zero-order valence-electron chi connectivity index (χ0n) is 15.7. The van der Waals surface area contributed by atoms with Gasteiger partial charge in [0, 0.05) is 45.3 Å². The van der Waals surface area contributed by atoms with Crippen molar-refractivity contribution in [2.45, 2.75) is 38.1 Å². The Labute approximate surface area is 159 Å². The minimum Gasteiger partial charge on any atom is -0.372 e. The van der Waals surface area contributed by atoms with Crippen molar-refractivity contribution in [3.8, 4) is 0 Å². The maximum Gasteiger partial charge on any atom is 0.228 e. The van der Waals surface area contributed by atoms with E-state index in [0.29, 0.717) is 19.8 Å². The van der Waals surface area contributed by atoms with E-state index >= 15 is 0 Å². The van der Waals surface area contributed by atoms with Crippen molar-refractivity contribution in [2.24, 2.45) is 13.0 Å². The van der Waals surface area contributed by atoms with E-state index in [9.17, 15) is 4.79 Å². The van der Waals surface area contributed by atoms with Crippen molar-refractivity contribution in [1.82, 2.24) is 19.7 Å². The number of carbonyl (C=O) groups excluding carboxylic acids is 1. The highest BCUT2D eigenvalue weighted by atomic mass is 16.5. The van der Waals surface area contributed by atoms with Gasteiger partial charge in [0.05, 0.1) is 24.3 Å². The van der Waals surface area contributed by atoms with Crippen molar-refractivity contribution in [2.75, 3.05) is 19.7 Å². The highest BCUT2D eigenvalue weighted by Gasteiger charge is 2.39. The monoisotopic (exact) mass is 370 g/mol. The summed E-state index contributed by atoms with van der Waals surface area (Å²) in [7, 11) is 1.90. The molecule has 0 spiro atoms. The summed E-state index contributed by atoms with van der Waals surface area (Å²) in [6.07, 6.45) is 7.82. The quantitative estimate of drug-likeness (QED) is 0.806. The van der Waals surface area contributed by atoms with E-state index in [4.69, 9.17) is 9.47 Å². The minimum absolute atomic E-state index is 0.0850. The van der Waals surface area contributed by atoms with Gasteiger partial charge < -0.3 is 14.4 Å². The van der Waals surface area contributed by atoms with Crippen LogP contribution in [0.1, 0.15) is 36.6 Å². The van der Waals surface area contributed by atoms with E-state index in [1.807, 2.05) is 30.1 Å². The summed E-state index contributed by atoms with van der Waals surface area (Å²) in [5.74, 6) is 0.0315. The molecule has 0 saturated carbocycles. The summed E-state index contributed by atoms with van der Waals surface area (Å²) in [5, 5.41) is 4.24. The van der Waals surface area contributed by atoms with Crippen molar-refractivity contribution in [3.05, 3.63) is 48.0 Å². The summed E-state index contributed by atoms with van der Waals surface area (Å²) in [6.45, 7) is 2.64. The molecule has 7 heteroatoms. The number of rotatable bonds is 5. The highest BCUT2D eigenvalue weighted by molar-refractivity contribution is 5.80. The molecular formula is C20H26N4O3. The Morgan fingerprint density at radius 1 is 1.26 bits per heavy atom. The largest absolute Gasteiger partial charge is 0.372 e. The fourth-order valence-corrected chi connectivity index (χ4v) is 3.98. The first-order chi connectivity index (χ1) is 13.2. The highest BCUT2D eigenvalue weighted by Crippen LogP contribution is 2.35. The lowest BCUT2D eigenvalue weighted by Crippen LogP contribution is -2.40. The number of hydrogen-bond donors (Lipinski definition) is 0. The van der Waals surface area contributed by atoms with Gasteiger partial charge in [-0.05, 0) is 43.0 Å². The lowest BCUT2D eigenvalue weighted by Gasteiger charge is -2.33. The molecule has 0 N–H and O–H groups in total. The van der Waals surface area contributed by atoms with E-state index in [1.165, 1.54) is 0 Å². The molecule has 0 radical (unpaired) electrons. The van der Waals surface area contributed by atoms with Gasteiger partial charge in [-0.15, -0.1) is 0 Å². The standard InChI is InChI=1S/C20H26N4O3/c1-23-18(6-10-22-23)19-17(3-2-12-26-19)20(25)24-11-7-16(13-24)27-14-15-4-8-21-9-5-15/h4-6,8-10,16-17,19H,2-3,7,11-14H2,1H3/t16?,17-,19-/m1/s1. The predicted octanol–water partition coefficient (Wildman–Crippen LogP) is 2.10. The second kappa shape index (κ2) is 8.19. The third kappa shape index (κ3) is 4.04. The van der Waals surface area contributed by atoms with Gasteiger partial charge in [-0.3, -0.25) is 14.5 Å². The zero-order chi connectivity index (χ0) is 18.6. The molecule has 4 heterocycles. The molecule has 3 atom stereocenters. The van der Waals surface area contributed by atoms with Crippen molar-refractivity contribution >= 4 is 5.91 Å². The molecule has 0 aliphatic carbocycles. The Hall–Kier alpha value is -2.25. The molecule has 0 aromatic carbocycles. The second-order valence-corrected chi connectivity index (χ2v) is 7.28. The first kappa shape index (κ1) is 18.1. The fourth-order valence-electron chi connectivity index (χ4n) is 3.98. The first-order valence-electron chi connectivity index (χ1n) is 9.61. The Morgan fingerprint density at radius 2 is 2.11 bits per heavy atom. The molecule has 144 valence electrons. The number of carbonyl (C=O) groups is 1. The predicted molar refractivity (Wildman–Crippen MR) is 98.6 cm³/mol. The maximum atomic E-state index is 13.2. The van der Waals surface area contributed by atoms with Gasteiger partial charge in [-0.25, -0.2) is 0 Å². The molecular weight excluding hydrogens is 344 g/mol. The molecule has 2 saturated heterocycles. The van der Waals surface area contributed by atoms with E-state index in [1.54, 1.807) is 23.3 Å². The van der Waals surface area contributed by atoms with Gasteiger partial charge in [0.15, 0.2) is 0 Å². The third-order valence-electron chi connectivity index (χ3n) is 5.48. The van der Waals surface area contributed by atoms with Crippen LogP contribution in [0.25, 0.3) is 0 Å². The number of likely N-dealkylation sites (tertiary alicyclic amines) is 1. The van der Waals surface area contributed by atoms with Crippen LogP contribution in [0, 0.1) is 5.92 Å². The van der Waals surface area contributed by atoms with Crippen LogP contribution in [0.15, 0.2) is 36.8 Å². The molecule has 4 rings (SSSR count). The number of aromatic nitrogens is 3. The van der Waals surface area contributed by atoms with Crippen molar-refractivity contribution in [3.63, 3.8) is 0 Å². The Bertz CT molecular complexity index is 764. The Morgan fingerprint density at radius 3 is 2.89 bits per heavy atom. The topological polar surface area (TPSA) is 69.5 Å². The van der Waals surface area contributed by atoms with Crippen LogP contribution in [-0.4, -0.2) is 51.4 Å². The van der Waals surface area contributed by atoms with Crippen LogP contribution in [0.3, 0.4) is 0 Å². The lowest BCUT2D eigenvalue weighted by atomic mass is 9.90. The average Bonchev–Trinajstić information content (AvgIpc) is 3.36. The van der Waals surface area contributed by atoms with Gasteiger partial charge in [0.1, 0.15) is 6.10 Å². The summed E-state index contributed by atoms with van der Waals surface area (Å²) >= 11 is 0. The smallest absolute Gasteiger partial charge is 0.228 e. The Kier molecular flexibility index (Phi) is 5.50. The molecule has 2 fully saturated rings. The molecule has 7 nitrogen and oxygen atoms in total. The summed E-state index contributed by atoms with van der Waals surface area (Å²) in [4.78, 5) is 19.2. The molecule has 1 unspecified atom stereocenters. The molecule has 2 aromatic rings. The van der Waals surface area contributed by atoms with Crippen LogP contribution >= 0.6 is 0 Å². The van der Waals surface area contributed by atoms with Crippen LogP contribution in [0.2, 0.25) is 0 Å². The second-order valence-electron chi connectivity index (χ2n) is 7.28. The summed E-state index contributed by atoms with van der Waals surface area (Å²) < 4.78 is 13.8. The number of amides is 1. The first-order valence-corrected chi connectivity index (χ1v) is 9.61. The lowest BCUT2D eigenvalue weighted by molar-refractivity contribution is -0.145. The molecule has 2 aromatic heterocycles. The number of ether oxygens (including phenoxy) is 2. The average molecular weight is 370 g/mol. The van der Waals surface area contributed by atoms with Crippen molar-refractivity contribution in [1.29, 1.82) is 0 Å². The van der Waals surface area contributed by atoms with E-state index in [2.05, 4.69) is 10.1 Å². The van der Waals surface area contributed by atoms with Gasteiger partial charge in [-0.1, -0.05) is 0 Å². The summed E-state index contributed by atoms with van der Waals surface area (Å²) in [5.41, 5.74) is 2.07. The number of nitrogens with zero attached hydrogens (tertiary/aromatic N) is 4. The maximum absolute atomic E-state index is 13.2. The number of hydrogen-bond acceptors (Lipinski definition) is 5. The van der Waals surface area contributed by atoms with Crippen LogP contribution < -0.4 is 0 Å². The minimum atomic E-state index is -0.212. The van der Waals surface area contributed by atoms with E-state index in [-0.39, 0.29) is 24.0 Å². The van der Waals surface area contributed by atoms with Gasteiger partial charge in [-0.2, -0.15) is 5.10 Å². The van der Waals surface area contributed by atoms with E-state index < -0.39 is 0 Å². The van der Waals surface area contributed by atoms with Gasteiger partial charge in [0.2, 0.25) is 5.91 Å². The van der Waals surface area contributed by atoms with Gasteiger partial charge >= 0.3 is 0 Å². The van der Waals surface area contributed by atoms with Crippen LogP contribution in [-0.2, 0) is 27.9 Å². The molecule has 2 aliphatic heterocycles.